The van der Waals surface area contributed by atoms with Crippen LogP contribution in [-0.2, 0) is 11.0 Å². The van der Waals surface area contributed by atoms with Crippen LogP contribution >= 0.6 is 0 Å². The largest absolute Gasteiger partial charge is 0.493 e. The number of hydrogen-bond donors (Lipinski definition) is 2. The lowest BCUT2D eigenvalue weighted by atomic mass is 10.1. The first kappa shape index (κ1) is 23.8. The smallest absolute Gasteiger partial charge is 0.416 e. The first-order valence-electron chi connectivity index (χ1n) is 9.15. The standard InChI is InChI=1S/C21H23F3N2O5/c1-12(13-5-7-15(8-6-13)21(22,23)24)26-18(27)11-25-20(28)14-9-16(29-2)19(31-4)17(10-14)30-3/h5-10,12H,11H2,1-4H3,(H,25,28)(H,26,27). The van der Waals surface area contributed by atoms with E-state index in [0.29, 0.717) is 11.3 Å². The van der Waals surface area contributed by atoms with E-state index in [2.05, 4.69) is 10.6 Å². The van der Waals surface area contributed by atoms with Crippen molar-refractivity contribution in [3.05, 3.63) is 53.1 Å². The third-order valence-corrected chi connectivity index (χ3v) is 4.45. The molecule has 0 aromatic heterocycles. The van der Waals surface area contributed by atoms with Crippen LogP contribution in [0.4, 0.5) is 13.2 Å². The van der Waals surface area contributed by atoms with Gasteiger partial charge < -0.3 is 24.8 Å². The van der Waals surface area contributed by atoms with Gasteiger partial charge in [0, 0.05) is 5.56 Å². The molecule has 2 aromatic carbocycles. The fourth-order valence-corrected chi connectivity index (χ4v) is 2.81. The number of nitrogens with one attached hydrogen (secondary N) is 2. The molecular weight excluding hydrogens is 417 g/mol. The minimum absolute atomic E-state index is 0.193. The summed E-state index contributed by atoms with van der Waals surface area (Å²) in [5.41, 5.74) is -0.0808. The molecule has 0 radical (unpaired) electrons. The Labute approximate surface area is 177 Å². The number of hydrogen-bond acceptors (Lipinski definition) is 5. The number of carbonyl (C=O) groups excluding carboxylic acids is 2. The highest BCUT2D eigenvalue weighted by Gasteiger charge is 2.30. The van der Waals surface area contributed by atoms with E-state index in [1.54, 1.807) is 6.92 Å². The van der Waals surface area contributed by atoms with Crippen LogP contribution in [0, 0.1) is 0 Å². The molecule has 0 aliphatic rings. The van der Waals surface area contributed by atoms with Crippen LogP contribution in [0.3, 0.4) is 0 Å². The zero-order valence-electron chi connectivity index (χ0n) is 17.4. The number of ether oxygens (including phenoxy) is 3. The average Bonchev–Trinajstić information content (AvgIpc) is 2.75. The van der Waals surface area contributed by atoms with Crippen molar-refractivity contribution in [1.82, 2.24) is 10.6 Å². The SMILES string of the molecule is COc1cc(C(=O)NCC(=O)NC(C)c2ccc(C(F)(F)F)cc2)cc(OC)c1OC. The molecule has 2 aromatic rings. The monoisotopic (exact) mass is 440 g/mol. The summed E-state index contributed by atoms with van der Waals surface area (Å²) in [7, 11) is 4.26. The van der Waals surface area contributed by atoms with E-state index in [4.69, 9.17) is 14.2 Å². The minimum atomic E-state index is -4.43. The van der Waals surface area contributed by atoms with Gasteiger partial charge in [0.2, 0.25) is 11.7 Å². The highest BCUT2D eigenvalue weighted by molar-refractivity contribution is 5.97. The summed E-state index contributed by atoms with van der Waals surface area (Å²) in [5, 5.41) is 5.09. The molecule has 2 amide bonds. The molecule has 10 heteroatoms. The van der Waals surface area contributed by atoms with Gasteiger partial charge in [-0.2, -0.15) is 13.2 Å². The molecule has 0 saturated carbocycles. The molecule has 0 aliphatic heterocycles. The Bertz CT molecular complexity index is 905. The predicted molar refractivity (Wildman–Crippen MR) is 106 cm³/mol. The van der Waals surface area contributed by atoms with Crippen molar-refractivity contribution in [3.63, 3.8) is 0 Å². The summed E-state index contributed by atoms with van der Waals surface area (Å²) < 4.78 is 53.5. The van der Waals surface area contributed by atoms with Crippen LogP contribution in [-0.4, -0.2) is 39.7 Å². The molecular formula is C21H23F3N2O5. The summed E-state index contributed by atoms with van der Waals surface area (Å²) in [6.07, 6.45) is -4.43. The molecule has 7 nitrogen and oxygen atoms in total. The van der Waals surface area contributed by atoms with Crippen LogP contribution in [0.1, 0.15) is 34.5 Å². The van der Waals surface area contributed by atoms with Crippen molar-refractivity contribution in [3.8, 4) is 17.2 Å². The van der Waals surface area contributed by atoms with Crippen molar-refractivity contribution in [2.75, 3.05) is 27.9 Å². The Morgan fingerprint density at radius 3 is 1.97 bits per heavy atom. The molecule has 0 saturated heterocycles. The maximum atomic E-state index is 12.7. The summed E-state index contributed by atoms with van der Waals surface area (Å²) in [4.78, 5) is 24.6. The third-order valence-electron chi connectivity index (χ3n) is 4.45. The maximum absolute atomic E-state index is 12.7. The molecule has 31 heavy (non-hydrogen) atoms. The van der Waals surface area contributed by atoms with Crippen molar-refractivity contribution in [2.45, 2.75) is 19.1 Å². The summed E-state index contributed by atoms with van der Waals surface area (Å²) in [6, 6.07) is 6.82. The molecule has 1 atom stereocenters. The Morgan fingerprint density at radius 2 is 1.52 bits per heavy atom. The van der Waals surface area contributed by atoms with Crippen LogP contribution < -0.4 is 24.8 Å². The van der Waals surface area contributed by atoms with Crippen molar-refractivity contribution >= 4 is 11.8 Å². The molecule has 0 fully saturated rings. The van der Waals surface area contributed by atoms with Gasteiger partial charge in [-0.15, -0.1) is 0 Å². The number of methoxy groups -OCH3 is 3. The minimum Gasteiger partial charge on any atom is -0.493 e. The zero-order chi connectivity index (χ0) is 23.2. The van der Waals surface area contributed by atoms with Crippen LogP contribution in [0.15, 0.2) is 36.4 Å². The van der Waals surface area contributed by atoms with Crippen LogP contribution in [0.2, 0.25) is 0 Å². The second kappa shape index (κ2) is 10.1. The Balaban J connectivity index is 1.98. The van der Waals surface area contributed by atoms with Gasteiger partial charge in [0.05, 0.1) is 39.5 Å². The van der Waals surface area contributed by atoms with E-state index >= 15 is 0 Å². The Kier molecular flexibility index (Phi) is 7.73. The molecule has 2 N–H and O–H groups in total. The maximum Gasteiger partial charge on any atom is 0.416 e. The lowest BCUT2D eigenvalue weighted by Crippen LogP contribution is -2.38. The number of amides is 2. The average molecular weight is 440 g/mol. The van der Waals surface area contributed by atoms with E-state index in [1.807, 2.05) is 0 Å². The predicted octanol–water partition coefficient (Wildman–Crippen LogP) is 3.34. The summed E-state index contributed by atoms with van der Waals surface area (Å²) in [6.45, 7) is 1.29. The normalized spacial score (nSPS) is 12.0. The first-order chi connectivity index (χ1) is 14.6. The number of benzene rings is 2. The van der Waals surface area contributed by atoms with Gasteiger partial charge >= 0.3 is 6.18 Å². The summed E-state index contributed by atoms with van der Waals surface area (Å²) >= 11 is 0. The second-order valence-electron chi connectivity index (χ2n) is 6.51. The lowest BCUT2D eigenvalue weighted by Gasteiger charge is -2.16. The highest BCUT2D eigenvalue weighted by Crippen LogP contribution is 2.38. The van der Waals surface area contributed by atoms with E-state index in [9.17, 15) is 22.8 Å². The topological polar surface area (TPSA) is 85.9 Å². The first-order valence-corrected chi connectivity index (χ1v) is 9.15. The van der Waals surface area contributed by atoms with Gasteiger partial charge in [-0.25, -0.2) is 0 Å². The van der Waals surface area contributed by atoms with Gasteiger partial charge in [0.15, 0.2) is 11.5 Å². The molecule has 168 valence electrons. The lowest BCUT2D eigenvalue weighted by molar-refractivity contribution is -0.137. The Morgan fingerprint density at radius 1 is 0.968 bits per heavy atom. The molecule has 2 rings (SSSR count). The fraction of sp³-hybridized carbons (Fsp3) is 0.333. The quantitative estimate of drug-likeness (QED) is 0.658. The molecule has 0 heterocycles. The van der Waals surface area contributed by atoms with Gasteiger partial charge in [-0.1, -0.05) is 12.1 Å². The van der Waals surface area contributed by atoms with Gasteiger partial charge in [-0.05, 0) is 36.8 Å². The molecule has 0 spiro atoms. The molecule has 1 unspecified atom stereocenters. The highest BCUT2D eigenvalue weighted by atomic mass is 19.4. The van der Waals surface area contributed by atoms with Gasteiger partial charge in [0.1, 0.15) is 0 Å². The van der Waals surface area contributed by atoms with Crippen molar-refractivity contribution < 1.29 is 37.0 Å². The van der Waals surface area contributed by atoms with E-state index in [0.717, 1.165) is 12.1 Å². The van der Waals surface area contributed by atoms with Crippen LogP contribution in [0.25, 0.3) is 0 Å². The van der Waals surface area contributed by atoms with Crippen LogP contribution in [0.5, 0.6) is 17.2 Å². The summed E-state index contributed by atoms with van der Waals surface area (Å²) in [5.74, 6) is -0.158. The number of halogens is 3. The van der Waals surface area contributed by atoms with E-state index < -0.39 is 29.6 Å². The molecule has 0 bridgehead atoms. The number of rotatable bonds is 8. The third kappa shape index (κ3) is 6.03. The zero-order valence-corrected chi connectivity index (χ0v) is 17.4. The second-order valence-corrected chi connectivity index (χ2v) is 6.51. The van der Waals surface area contributed by atoms with Crippen molar-refractivity contribution in [1.29, 1.82) is 0 Å². The van der Waals surface area contributed by atoms with E-state index in [-0.39, 0.29) is 23.6 Å². The molecule has 0 aliphatic carbocycles. The Hall–Kier alpha value is -3.43. The number of alkyl halides is 3. The van der Waals surface area contributed by atoms with Gasteiger partial charge in [0.25, 0.3) is 5.91 Å². The van der Waals surface area contributed by atoms with Gasteiger partial charge in [-0.3, -0.25) is 9.59 Å². The van der Waals surface area contributed by atoms with E-state index in [1.165, 1.54) is 45.6 Å². The van der Waals surface area contributed by atoms with Crippen molar-refractivity contribution in [2.24, 2.45) is 0 Å². The number of carbonyl (C=O) groups is 2. The fourth-order valence-electron chi connectivity index (χ4n) is 2.81.